The Hall–Kier alpha value is -2.44. The largest absolute Gasteiger partial charge is 0.119 e. The topological polar surface area (TPSA) is 0 Å². The average molecular weight is 230 g/mol. The van der Waals surface area contributed by atoms with Crippen molar-refractivity contribution in [3.8, 4) is 24.7 Å². The molecule has 0 heteroatoms. The molecule has 0 aliphatic carbocycles. The molecule has 2 aromatic carbocycles. The van der Waals surface area contributed by atoms with Gasteiger partial charge in [-0.15, -0.1) is 12.8 Å². The Labute approximate surface area is 109 Å². The van der Waals surface area contributed by atoms with Crippen LogP contribution >= 0.6 is 0 Å². The van der Waals surface area contributed by atoms with E-state index in [4.69, 9.17) is 12.8 Å². The zero-order valence-electron chi connectivity index (χ0n) is 10.1. The lowest BCUT2D eigenvalue weighted by molar-refractivity contribution is 0.781. The van der Waals surface area contributed by atoms with Crippen LogP contribution in [0.25, 0.3) is 0 Å². The third-order valence-corrected chi connectivity index (χ3v) is 3.01. The van der Waals surface area contributed by atoms with Gasteiger partial charge in [0.2, 0.25) is 0 Å². The number of benzene rings is 2. The Morgan fingerprint density at radius 2 is 0.944 bits per heavy atom. The molecule has 86 valence electrons. The van der Waals surface area contributed by atoms with E-state index in [2.05, 4.69) is 11.8 Å². The lowest BCUT2D eigenvalue weighted by Crippen LogP contribution is -2.08. The van der Waals surface area contributed by atoms with Crippen molar-refractivity contribution in [3.05, 3.63) is 71.8 Å². The molecule has 2 rings (SSSR count). The van der Waals surface area contributed by atoms with E-state index in [9.17, 15) is 0 Å². The van der Waals surface area contributed by atoms with E-state index < -0.39 is 0 Å². The van der Waals surface area contributed by atoms with Gasteiger partial charge in [-0.2, -0.15) is 0 Å². The highest BCUT2D eigenvalue weighted by atomic mass is 14.2. The first-order valence-electron chi connectivity index (χ1n) is 5.89. The summed E-state index contributed by atoms with van der Waals surface area (Å²) in [5.41, 5.74) is 2.18. The summed E-state index contributed by atoms with van der Waals surface area (Å²) < 4.78 is 0. The summed E-state index contributed by atoms with van der Waals surface area (Å²) in [5.74, 6) is 5.48. The van der Waals surface area contributed by atoms with Crippen molar-refractivity contribution in [2.75, 3.05) is 0 Å². The molecule has 0 fully saturated rings. The predicted octanol–water partition coefficient (Wildman–Crippen LogP) is 3.82. The van der Waals surface area contributed by atoms with Crippen molar-refractivity contribution in [1.29, 1.82) is 0 Å². The zero-order chi connectivity index (χ0) is 12.8. The fourth-order valence-corrected chi connectivity index (χ4v) is 2.09. The molecule has 0 saturated heterocycles. The molecule has 2 atom stereocenters. The van der Waals surface area contributed by atoms with Gasteiger partial charge in [-0.3, -0.25) is 0 Å². The molecule has 0 spiro atoms. The van der Waals surface area contributed by atoms with Gasteiger partial charge in [0.25, 0.3) is 0 Å². The van der Waals surface area contributed by atoms with Crippen molar-refractivity contribution in [2.45, 2.75) is 11.8 Å². The fourth-order valence-electron chi connectivity index (χ4n) is 2.09. The molecule has 0 aromatic heterocycles. The Balaban J connectivity index is 2.39. The van der Waals surface area contributed by atoms with E-state index >= 15 is 0 Å². The molecule has 0 aliphatic heterocycles. The second kappa shape index (κ2) is 5.76. The molecule has 2 aromatic rings. The molecule has 18 heavy (non-hydrogen) atoms. The van der Waals surface area contributed by atoms with Crippen molar-refractivity contribution < 1.29 is 0 Å². The monoisotopic (exact) mass is 230 g/mol. The number of terminal acetylenes is 2. The number of rotatable bonds is 3. The first-order chi connectivity index (χ1) is 8.86. The Morgan fingerprint density at radius 1 is 0.611 bits per heavy atom. The SMILES string of the molecule is C#C[C@@H](c1ccccc1)[C@@H](C#C)c1ccccc1. The predicted molar refractivity (Wildman–Crippen MR) is 76.0 cm³/mol. The van der Waals surface area contributed by atoms with Crippen LogP contribution in [0.1, 0.15) is 23.0 Å². The van der Waals surface area contributed by atoms with E-state index in [0.29, 0.717) is 0 Å². The van der Waals surface area contributed by atoms with Crippen LogP contribution in [0.3, 0.4) is 0 Å². The smallest absolute Gasteiger partial charge is 0.0628 e. The Bertz CT molecular complexity index is 511. The normalized spacial score (nSPS) is 13.0. The molecule has 0 unspecified atom stereocenters. The van der Waals surface area contributed by atoms with E-state index in [1.807, 2.05) is 60.7 Å². The number of hydrogen-bond donors (Lipinski definition) is 0. The standard InChI is InChI=1S/C18H14/c1-3-17(15-11-7-5-8-12-15)18(4-2)16-13-9-6-10-14-16/h1-2,5-14,17-18H/t17-,18-/m0/s1. The maximum absolute atomic E-state index is 5.67. The van der Waals surface area contributed by atoms with E-state index in [1.54, 1.807) is 0 Å². The summed E-state index contributed by atoms with van der Waals surface area (Å²) in [5, 5.41) is 0. The second-order valence-electron chi connectivity index (χ2n) is 4.11. The molecule has 0 saturated carbocycles. The maximum Gasteiger partial charge on any atom is 0.0628 e. The van der Waals surface area contributed by atoms with Crippen molar-refractivity contribution in [2.24, 2.45) is 0 Å². The zero-order valence-corrected chi connectivity index (χ0v) is 10.1. The minimum absolute atomic E-state index is 0.0846. The minimum atomic E-state index is -0.0846. The van der Waals surface area contributed by atoms with Crippen LogP contribution in [0.15, 0.2) is 60.7 Å². The van der Waals surface area contributed by atoms with Crippen LogP contribution in [-0.4, -0.2) is 0 Å². The van der Waals surface area contributed by atoms with Gasteiger partial charge in [0.05, 0.1) is 11.8 Å². The summed E-state index contributed by atoms with van der Waals surface area (Å²) in [6, 6.07) is 20.0. The van der Waals surface area contributed by atoms with Gasteiger partial charge >= 0.3 is 0 Å². The van der Waals surface area contributed by atoms with Gasteiger partial charge in [0.15, 0.2) is 0 Å². The first-order valence-corrected chi connectivity index (χ1v) is 5.89. The van der Waals surface area contributed by atoms with Crippen molar-refractivity contribution >= 4 is 0 Å². The molecule has 0 amide bonds. The summed E-state index contributed by atoms with van der Waals surface area (Å²) in [4.78, 5) is 0. The molecule has 0 heterocycles. The summed E-state index contributed by atoms with van der Waals surface area (Å²) >= 11 is 0. The van der Waals surface area contributed by atoms with Crippen LogP contribution in [0, 0.1) is 24.7 Å². The molecular weight excluding hydrogens is 216 g/mol. The van der Waals surface area contributed by atoms with E-state index in [0.717, 1.165) is 11.1 Å². The van der Waals surface area contributed by atoms with Gasteiger partial charge in [0, 0.05) is 0 Å². The fraction of sp³-hybridized carbons (Fsp3) is 0.111. The molecular formula is C18H14. The van der Waals surface area contributed by atoms with Crippen LogP contribution in [0.4, 0.5) is 0 Å². The van der Waals surface area contributed by atoms with Crippen molar-refractivity contribution in [3.63, 3.8) is 0 Å². The van der Waals surface area contributed by atoms with Crippen molar-refractivity contribution in [1.82, 2.24) is 0 Å². The lowest BCUT2D eigenvalue weighted by atomic mass is 9.82. The van der Waals surface area contributed by atoms with Crippen LogP contribution in [0.5, 0.6) is 0 Å². The van der Waals surface area contributed by atoms with E-state index in [-0.39, 0.29) is 11.8 Å². The quantitative estimate of drug-likeness (QED) is 0.703. The Morgan fingerprint density at radius 3 is 1.22 bits per heavy atom. The molecule has 0 nitrogen and oxygen atoms in total. The molecule has 0 N–H and O–H groups in total. The maximum atomic E-state index is 5.67. The van der Waals surface area contributed by atoms with Gasteiger partial charge in [-0.25, -0.2) is 0 Å². The highest BCUT2D eigenvalue weighted by Gasteiger charge is 2.20. The first kappa shape index (κ1) is 12.0. The van der Waals surface area contributed by atoms with Crippen LogP contribution < -0.4 is 0 Å². The van der Waals surface area contributed by atoms with Crippen LogP contribution in [0.2, 0.25) is 0 Å². The third kappa shape index (κ3) is 2.45. The molecule has 0 aliphatic rings. The minimum Gasteiger partial charge on any atom is -0.119 e. The highest BCUT2D eigenvalue weighted by molar-refractivity contribution is 5.39. The van der Waals surface area contributed by atoms with Gasteiger partial charge < -0.3 is 0 Å². The van der Waals surface area contributed by atoms with Gasteiger partial charge in [-0.05, 0) is 11.1 Å². The Kier molecular flexibility index (Phi) is 3.85. The average Bonchev–Trinajstić information content (AvgIpc) is 2.46. The second-order valence-corrected chi connectivity index (χ2v) is 4.11. The highest BCUT2D eigenvalue weighted by Crippen LogP contribution is 2.31. The van der Waals surface area contributed by atoms with Gasteiger partial charge in [-0.1, -0.05) is 72.5 Å². The lowest BCUT2D eigenvalue weighted by Gasteiger charge is -2.19. The molecule has 0 bridgehead atoms. The third-order valence-electron chi connectivity index (χ3n) is 3.01. The van der Waals surface area contributed by atoms with E-state index in [1.165, 1.54) is 0 Å². The molecule has 0 radical (unpaired) electrons. The van der Waals surface area contributed by atoms with Crippen LogP contribution in [-0.2, 0) is 0 Å². The number of hydrogen-bond acceptors (Lipinski definition) is 0. The summed E-state index contributed by atoms with van der Waals surface area (Å²) in [7, 11) is 0. The van der Waals surface area contributed by atoms with Gasteiger partial charge in [0.1, 0.15) is 0 Å². The summed E-state index contributed by atoms with van der Waals surface area (Å²) in [6.07, 6.45) is 11.3. The summed E-state index contributed by atoms with van der Waals surface area (Å²) in [6.45, 7) is 0.